The summed E-state index contributed by atoms with van der Waals surface area (Å²) in [6.07, 6.45) is 1.35. The number of carbonyl (C=O) groups excluding carboxylic acids is 1. The largest absolute Gasteiger partial charge is 0.455 e. The summed E-state index contributed by atoms with van der Waals surface area (Å²) in [5.41, 5.74) is 3.63. The van der Waals surface area contributed by atoms with Crippen molar-refractivity contribution in [3.8, 4) is 11.3 Å². The Morgan fingerprint density at radius 3 is 2.69 bits per heavy atom. The third kappa shape index (κ3) is 3.94. The molecule has 0 fully saturated rings. The first-order valence-electron chi connectivity index (χ1n) is 8.37. The highest BCUT2D eigenvalue weighted by Gasteiger charge is 2.13. The maximum Gasteiger partial charge on any atom is 0.307 e. The number of fused-ring (bicyclic) bond motifs is 1. The molecule has 0 saturated carbocycles. The molecule has 2 aromatic heterocycles. The molecule has 0 radical (unpaired) electrons. The van der Waals surface area contributed by atoms with Gasteiger partial charge in [0, 0.05) is 27.6 Å². The molecular weight excluding hydrogens is 442 g/mol. The number of halogens is 1. The maximum absolute atomic E-state index is 12.2. The number of carbonyl (C=O) groups is 1. The van der Waals surface area contributed by atoms with Gasteiger partial charge in [-0.1, -0.05) is 18.2 Å². The van der Waals surface area contributed by atoms with Gasteiger partial charge >= 0.3 is 5.91 Å². The number of hydrogen-bond donors (Lipinski definition) is 1. The molecule has 2 heterocycles. The first-order chi connectivity index (χ1) is 14.0. The Balaban J connectivity index is 1.45. The molecule has 4 rings (SSSR count). The summed E-state index contributed by atoms with van der Waals surface area (Å²) in [5.74, 6) is 0.563. The molecule has 29 heavy (non-hydrogen) atoms. The van der Waals surface area contributed by atoms with Crippen molar-refractivity contribution in [1.82, 2.24) is 5.43 Å². The molecular formula is C20H12BrN3O5. The van der Waals surface area contributed by atoms with E-state index in [0.717, 1.165) is 5.39 Å². The van der Waals surface area contributed by atoms with Gasteiger partial charge in [0.15, 0.2) is 5.76 Å². The lowest BCUT2D eigenvalue weighted by molar-refractivity contribution is -0.384. The lowest BCUT2D eigenvalue weighted by Crippen LogP contribution is -2.16. The van der Waals surface area contributed by atoms with E-state index >= 15 is 0 Å². The van der Waals surface area contributed by atoms with Gasteiger partial charge in [-0.15, -0.1) is 0 Å². The highest BCUT2D eigenvalue weighted by molar-refractivity contribution is 9.10. The first kappa shape index (κ1) is 18.6. The monoisotopic (exact) mass is 453 g/mol. The zero-order chi connectivity index (χ0) is 20.4. The summed E-state index contributed by atoms with van der Waals surface area (Å²) in [5, 5.41) is 15.5. The van der Waals surface area contributed by atoms with Gasteiger partial charge in [0.2, 0.25) is 0 Å². The van der Waals surface area contributed by atoms with E-state index in [1.54, 1.807) is 30.3 Å². The number of para-hydroxylation sites is 1. The van der Waals surface area contributed by atoms with Crippen molar-refractivity contribution in [3.63, 3.8) is 0 Å². The van der Waals surface area contributed by atoms with Gasteiger partial charge in [0.1, 0.15) is 17.1 Å². The Labute approximate surface area is 172 Å². The van der Waals surface area contributed by atoms with Crippen LogP contribution >= 0.6 is 15.9 Å². The molecule has 0 bridgehead atoms. The fourth-order valence-corrected chi connectivity index (χ4v) is 3.25. The van der Waals surface area contributed by atoms with Crippen LogP contribution in [0.4, 0.5) is 5.69 Å². The number of nitrogens with one attached hydrogen (secondary N) is 1. The number of hydrazone groups is 1. The van der Waals surface area contributed by atoms with E-state index in [2.05, 4.69) is 26.5 Å². The van der Waals surface area contributed by atoms with Crippen LogP contribution in [0.1, 0.15) is 16.3 Å². The molecule has 0 unspecified atom stereocenters. The van der Waals surface area contributed by atoms with Crippen LogP contribution in [0.2, 0.25) is 0 Å². The van der Waals surface area contributed by atoms with Crippen LogP contribution in [0, 0.1) is 10.1 Å². The quantitative estimate of drug-likeness (QED) is 0.255. The van der Waals surface area contributed by atoms with E-state index in [4.69, 9.17) is 8.83 Å². The highest BCUT2D eigenvalue weighted by atomic mass is 79.9. The molecule has 144 valence electrons. The number of non-ortho nitro benzene ring substituents is 1. The van der Waals surface area contributed by atoms with Crippen LogP contribution in [-0.4, -0.2) is 17.0 Å². The number of rotatable bonds is 5. The fourth-order valence-electron chi connectivity index (χ4n) is 2.69. The number of furan rings is 2. The second kappa shape index (κ2) is 7.72. The summed E-state index contributed by atoms with van der Waals surface area (Å²) in [7, 11) is 0. The van der Waals surface area contributed by atoms with Gasteiger partial charge in [0.25, 0.3) is 5.69 Å². The number of nitro groups is 1. The predicted molar refractivity (Wildman–Crippen MR) is 110 cm³/mol. The van der Waals surface area contributed by atoms with Gasteiger partial charge < -0.3 is 8.83 Å². The minimum absolute atomic E-state index is 0.0257. The summed E-state index contributed by atoms with van der Waals surface area (Å²) in [4.78, 5) is 22.5. The zero-order valence-electron chi connectivity index (χ0n) is 14.7. The number of benzene rings is 2. The van der Waals surface area contributed by atoms with Crippen molar-refractivity contribution in [1.29, 1.82) is 0 Å². The Morgan fingerprint density at radius 2 is 1.93 bits per heavy atom. The normalized spacial score (nSPS) is 11.2. The molecule has 0 aliphatic carbocycles. The lowest BCUT2D eigenvalue weighted by Gasteiger charge is -2.00. The molecule has 0 aliphatic rings. The van der Waals surface area contributed by atoms with Crippen molar-refractivity contribution < 1.29 is 18.6 Å². The third-order valence-electron chi connectivity index (χ3n) is 4.06. The number of nitro benzene ring substituents is 1. The summed E-state index contributed by atoms with van der Waals surface area (Å²) >= 11 is 3.31. The minimum atomic E-state index is -0.484. The molecule has 1 N–H and O–H groups in total. The molecule has 4 aromatic rings. The van der Waals surface area contributed by atoms with E-state index in [1.807, 2.05) is 18.2 Å². The molecule has 0 aliphatic heterocycles. The van der Waals surface area contributed by atoms with E-state index in [1.165, 1.54) is 18.3 Å². The van der Waals surface area contributed by atoms with Gasteiger partial charge in [-0.3, -0.25) is 14.9 Å². The number of hydrogen-bond acceptors (Lipinski definition) is 6. The standard InChI is InChI=1S/C20H12BrN3O5/c21-16-10-13(24(26)27)5-7-15(16)18-8-6-14(28-18)11-22-23-20(25)19-9-12-3-1-2-4-17(12)29-19/h1-11H,(H,23,25)/b22-11-. The van der Waals surface area contributed by atoms with Crippen molar-refractivity contribution in [2.75, 3.05) is 0 Å². The van der Waals surface area contributed by atoms with E-state index < -0.39 is 10.8 Å². The topological polar surface area (TPSA) is 111 Å². The van der Waals surface area contributed by atoms with E-state index in [9.17, 15) is 14.9 Å². The van der Waals surface area contributed by atoms with Crippen LogP contribution in [0.3, 0.4) is 0 Å². The van der Waals surface area contributed by atoms with Crippen LogP contribution in [-0.2, 0) is 0 Å². The van der Waals surface area contributed by atoms with Gasteiger partial charge in [-0.25, -0.2) is 5.43 Å². The van der Waals surface area contributed by atoms with Crippen LogP contribution in [0.15, 0.2) is 79.1 Å². The van der Waals surface area contributed by atoms with Crippen LogP contribution < -0.4 is 5.43 Å². The van der Waals surface area contributed by atoms with Gasteiger partial charge in [0.05, 0.1) is 11.1 Å². The molecule has 0 spiro atoms. The number of amides is 1. The Hall–Kier alpha value is -3.72. The van der Waals surface area contributed by atoms with Gasteiger partial charge in [-0.05, 0) is 46.3 Å². The third-order valence-corrected chi connectivity index (χ3v) is 4.72. The SMILES string of the molecule is O=C(N/N=C\c1ccc(-c2ccc([N+](=O)[O-])cc2Br)o1)c1cc2ccccc2o1. The number of nitrogens with zero attached hydrogens (tertiary/aromatic N) is 2. The average Bonchev–Trinajstić information content (AvgIpc) is 3.34. The first-order valence-corrected chi connectivity index (χ1v) is 9.17. The second-order valence-corrected chi connectivity index (χ2v) is 6.83. The smallest absolute Gasteiger partial charge is 0.307 e. The summed E-state index contributed by atoms with van der Waals surface area (Å²) < 4.78 is 11.7. The minimum Gasteiger partial charge on any atom is -0.455 e. The fraction of sp³-hybridized carbons (Fsp3) is 0. The summed E-state index contributed by atoms with van der Waals surface area (Å²) in [6.45, 7) is 0. The van der Waals surface area contributed by atoms with Crippen molar-refractivity contribution in [2.24, 2.45) is 5.10 Å². The van der Waals surface area contributed by atoms with Gasteiger partial charge in [-0.2, -0.15) is 5.10 Å². The Kier molecular flexibility index (Phi) is 4.96. The second-order valence-electron chi connectivity index (χ2n) is 5.97. The Morgan fingerprint density at radius 1 is 1.10 bits per heavy atom. The van der Waals surface area contributed by atoms with E-state index in [-0.39, 0.29) is 11.4 Å². The zero-order valence-corrected chi connectivity index (χ0v) is 16.3. The predicted octanol–water partition coefficient (Wildman–Crippen LogP) is 5.13. The highest BCUT2D eigenvalue weighted by Crippen LogP contribution is 2.32. The summed E-state index contributed by atoms with van der Waals surface area (Å²) in [6, 6.07) is 16.7. The van der Waals surface area contributed by atoms with Crippen molar-refractivity contribution in [2.45, 2.75) is 0 Å². The van der Waals surface area contributed by atoms with Crippen molar-refractivity contribution >= 4 is 44.7 Å². The van der Waals surface area contributed by atoms with E-state index in [0.29, 0.717) is 27.1 Å². The maximum atomic E-state index is 12.2. The average molecular weight is 454 g/mol. The molecule has 0 atom stereocenters. The molecule has 1 amide bonds. The molecule has 9 heteroatoms. The van der Waals surface area contributed by atoms with Crippen molar-refractivity contribution in [3.05, 3.63) is 86.8 Å². The molecule has 8 nitrogen and oxygen atoms in total. The van der Waals surface area contributed by atoms with Crippen LogP contribution in [0.25, 0.3) is 22.3 Å². The van der Waals surface area contributed by atoms with Crippen LogP contribution in [0.5, 0.6) is 0 Å². The molecule has 0 saturated heterocycles. The molecule has 2 aromatic carbocycles. The lowest BCUT2D eigenvalue weighted by atomic mass is 10.1. The Bertz CT molecular complexity index is 1220.